The lowest BCUT2D eigenvalue weighted by atomic mass is 10.1. The number of hydrogen-bond acceptors (Lipinski definition) is 4. The molecule has 0 fully saturated rings. The van der Waals surface area contributed by atoms with E-state index >= 15 is 0 Å². The Hall–Kier alpha value is -2.29. The molecule has 0 aliphatic heterocycles. The number of hydrogen-bond donors (Lipinski definition) is 1. The topological polar surface area (TPSA) is 86.8 Å². The summed E-state index contributed by atoms with van der Waals surface area (Å²) < 4.78 is 26.1. The molecule has 2 amide bonds. The molecule has 0 spiro atoms. The second-order valence-electron chi connectivity index (χ2n) is 7.92. The maximum atomic E-state index is 13.5. The van der Waals surface area contributed by atoms with Crippen molar-refractivity contribution in [1.82, 2.24) is 10.2 Å². The number of rotatable bonds is 10. The van der Waals surface area contributed by atoms with Crippen LogP contribution in [-0.2, 0) is 26.2 Å². The zero-order chi connectivity index (χ0) is 24.8. The first-order valence-corrected chi connectivity index (χ1v) is 13.1. The molecule has 1 atom stereocenters. The molecule has 0 heterocycles. The predicted octanol–water partition coefficient (Wildman–Crippen LogP) is 4.09. The van der Waals surface area contributed by atoms with E-state index in [-0.39, 0.29) is 29.2 Å². The number of nitrogens with one attached hydrogen (secondary N) is 1. The first-order valence-electron chi connectivity index (χ1n) is 10.5. The van der Waals surface area contributed by atoms with Crippen LogP contribution >= 0.6 is 23.2 Å². The molecule has 2 rings (SSSR count). The number of sulfonamides is 1. The highest BCUT2D eigenvalue weighted by molar-refractivity contribution is 7.92. The van der Waals surface area contributed by atoms with Crippen LogP contribution in [0.1, 0.15) is 32.8 Å². The van der Waals surface area contributed by atoms with Crippen LogP contribution in [-0.4, -0.2) is 50.0 Å². The van der Waals surface area contributed by atoms with E-state index in [0.29, 0.717) is 17.0 Å². The summed E-state index contributed by atoms with van der Waals surface area (Å²) >= 11 is 12.5. The van der Waals surface area contributed by atoms with E-state index in [2.05, 4.69) is 5.32 Å². The Bertz CT molecular complexity index is 1090. The van der Waals surface area contributed by atoms with Gasteiger partial charge >= 0.3 is 0 Å². The van der Waals surface area contributed by atoms with Gasteiger partial charge in [0.15, 0.2) is 0 Å². The van der Waals surface area contributed by atoms with E-state index < -0.39 is 28.5 Å². The van der Waals surface area contributed by atoms with Crippen LogP contribution in [0.4, 0.5) is 5.69 Å². The lowest BCUT2D eigenvalue weighted by Gasteiger charge is -2.33. The molecule has 0 unspecified atom stereocenters. The number of carbonyl (C=O) groups is 2. The predicted molar refractivity (Wildman–Crippen MR) is 133 cm³/mol. The van der Waals surface area contributed by atoms with Crippen LogP contribution in [0.3, 0.4) is 0 Å². The lowest BCUT2D eigenvalue weighted by Crippen LogP contribution is -2.53. The van der Waals surface area contributed by atoms with Crippen molar-refractivity contribution in [1.29, 1.82) is 0 Å². The molecule has 0 aromatic heterocycles. The highest BCUT2D eigenvalue weighted by Gasteiger charge is 2.32. The van der Waals surface area contributed by atoms with Crippen molar-refractivity contribution in [2.24, 2.45) is 0 Å². The average Bonchev–Trinajstić information content (AvgIpc) is 2.72. The number of para-hydroxylation sites is 1. The molecule has 33 heavy (non-hydrogen) atoms. The first kappa shape index (κ1) is 27.0. The first-order chi connectivity index (χ1) is 15.5. The lowest BCUT2D eigenvalue weighted by molar-refractivity contribution is -0.140. The molecule has 0 saturated heterocycles. The Morgan fingerprint density at radius 3 is 2.09 bits per heavy atom. The van der Waals surface area contributed by atoms with Gasteiger partial charge in [-0.05, 0) is 44.0 Å². The molecule has 10 heteroatoms. The standard InChI is InChI=1S/C23H29Cl2N3O4S/c1-5-20(23(30)26-16(2)3)27(14-17-10-6-7-11-18(17)24)22(29)15-28(33(4,31)32)21-13-9-8-12-19(21)25/h6-13,16,20H,5,14-15H2,1-4H3,(H,26,30)/t20-/m0/s1. The minimum atomic E-state index is -3.85. The molecular weight excluding hydrogens is 485 g/mol. The Balaban J connectivity index is 2.47. The molecule has 0 aliphatic carbocycles. The summed E-state index contributed by atoms with van der Waals surface area (Å²) in [6, 6.07) is 12.4. The van der Waals surface area contributed by atoms with Gasteiger partial charge in [0.2, 0.25) is 21.8 Å². The van der Waals surface area contributed by atoms with Gasteiger partial charge in [0.1, 0.15) is 12.6 Å². The van der Waals surface area contributed by atoms with E-state index in [1.165, 1.54) is 11.0 Å². The minimum absolute atomic E-state index is 0.0443. The van der Waals surface area contributed by atoms with Crippen LogP contribution in [0.2, 0.25) is 10.0 Å². The molecule has 180 valence electrons. The van der Waals surface area contributed by atoms with Crippen LogP contribution in [0.15, 0.2) is 48.5 Å². The van der Waals surface area contributed by atoms with Crippen molar-refractivity contribution in [3.8, 4) is 0 Å². The number of benzene rings is 2. The quantitative estimate of drug-likeness (QED) is 0.518. The molecule has 0 aliphatic rings. The Kier molecular flexibility index (Phi) is 9.57. The maximum absolute atomic E-state index is 13.5. The summed E-state index contributed by atoms with van der Waals surface area (Å²) in [5.74, 6) is -0.873. The molecule has 2 aromatic carbocycles. The molecule has 7 nitrogen and oxygen atoms in total. The van der Waals surface area contributed by atoms with Crippen molar-refractivity contribution < 1.29 is 18.0 Å². The second kappa shape index (κ2) is 11.7. The summed E-state index contributed by atoms with van der Waals surface area (Å²) in [7, 11) is -3.85. The van der Waals surface area contributed by atoms with Gasteiger partial charge in [0.05, 0.1) is 17.0 Å². The summed E-state index contributed by atoms with van der Waals surface area (Å²) in [6.45, 7) is 4.97. The third-order valence-electron chi connectivity index (χ3n) is 4.92. The zero-order valence-corrected chi connectivity index (χ0v) is 21.4. The number of halogens is 2. The molecule has 2 aromatic rings. The number of amides is 2. The monoisotopic (exact) mass is 513 g/mol. The van der Waals surface area contributed by atoms with Crippen LogP contribution in [0.25, 0.3) is 0 Å². The van der Waals surface area contributed by atoms with Gasteiger partial charge in [-0.2, -0.15) is 0 Å². The number of nitrogens with zero attached hydrogens (tertiary/aromatic N) is 2. The molecule has 0 bridgehead atoms. The van der Waals surface area contributed by atoms with Crippen LogP contribution in [0, 0.1) is 0 Å². The van der Waals surface area contributed by atoms with Gasteiger partial charge in [0.25, 0.3) is 0 Å². The highest BCUT2D eigenvalue weighted by Crippen LogP contribution is 2.28. The van der Waals surface area contributed by atoms with Crippen molar-refractivity contribution in [3.63, 3.8) is 0 Å². The Labute approximate surface area is 205 Å². The summed E-state index contributed by atoms with van der Waals surface area (Å²) in [5, 5.41) is 3.47. The average molecular weight is 514 g/mol. The van der Waals surface area contributed by atoms with E-state index in [1.54, 1.807) is 49.4 Å². The van der Waals surface area contributed by atoms with E-state index in [0.717, 1.165) is 10.6 Å². The largest absolute Gasteiger partial charge is 0.352 e. The van der Waals surface area contributed by atoms with Gasteiger partial charge in [-0.25, -0.2) is 8.42 Å². The van der Waals surface area contributed by atoms with Crippen molar-refractivity contribution in [3.05, 3.63) is 64.1 Å². The number of carbonyl (C=O) groups excluding carboxylic acids is 2. The van der Waals surface area contributed by atoms with Crippen molar-refractivity contribution >= 4 is 50.7 Å². The fourth-order valence-corrected chi connectivity index (χ4v) is 4.70. The number of anilines is 1. The van der Waals surface area contributed by atoms with Crippen LogP contribution < -0.4 is 9.62 Å². The van der Waals surface area contributed by atoms with Crippen molar-refractivity contribution in [2.45, 2.75) is 45.8 Å². The summed E-state index contributed by atoms with van der Waals surface area (Å²) in [6.07, 6.45) is 1.34. The Morgan fingerprint density at radius 1 is 1.00 bits per heavy atom. The van der Waals surface area contributed by atoms with Gasteiger partial charge in [0, 0.05) is 17.6 Å². The zero-order valence-electron chi connectivity index (χ0n) is 19.1. The summed E-state index contributed by atoms with van der Waals surface area (Å²) in [5.41, 5.74) is 0.833. The third-order valence-corrected chi connectivity index (χ3v) is 6.73. The normalized spacial score (nSPS) is 12.3. The van der Waals surface area contributed by atoms with E-state index in [1.807, 2.05) is 13.8 Å². The highest BCUT2D eigenvalue weighted by atomic mass is 35.5. The van der Waals surface area contributed by atoms with Gasteiger partial charge < -0.3 is 10.2 Å². The van der Waals surface area contributed by atoms with Crippen molar-refractivity contribution in [2.75, 3.05) is 17.1 Å². The van der Waals surface area contributed by atoms with Gasteiger partial charge in [-0.3, -0.25) is 13.9 Å². The molecule has 0 radical (unpaired) electrons. The maximum Gasteiger partial charge on any atom is 0.244 e. The molecule has 1 N–H and O–H groups in total. The second-order valence-corrected chi connectivity index (χ2v) is 10.6. The fraction of sp³-hybridized carbons (Fsp3) is 0.391. The van der Waals surface area contributed by atoms with Gasteiger partial charge in [-0.1, -0.05) is 60.5 Å². The van der Waals surface area contributed by atoms with E-state index in [9.17, 15) is 18.0 Å². The SMILES string of the molecule is CC[C@@H](C(=O)NC(C)C)N(Cc1ccccc1Cl)C(=O)CN(c1ccccc1Cl)S(C)(=O)=O. The third kappa shape index (κ3) is 7.35. The van der Waals surface area contributed by atoms with E-state index in [4.69, 9.17) is 23.2 Å². The molecular formula is C23H29Cl2N3O4S. The fourth-order valence-electron chi connectivity index (χ4n) is 3.36. The Morgan fingerprint density at radius 2 is 1.58 bits per heavy atom. The minimum Gasteiger partial charge on any atom is -0.352 e. The molecule has 0 saturated carbocycles. The van der Waals surface area contributed by atoms with Crippen LogP contribution in [0.5, 0.6) is 0 Å². The van der Waals surface area contributed by atoms with Gasteiger partial charge in [-0.15, -0.1) is 0 Å². The smallest absolute Gasteiger partial charge is 0.244 e. The summed E-state index contributed by atoms with van der Waals surface area (Å²) in [4.78, 5) is 27.8.